The lowest BCUT2D eigenvalue weighted by atomic mass is 9.85. The van der Waals surface area contributed by atoms with Crippen molar-refractivity contribution < 1.29 is 37.1 Å². The molecule has 3 fully saturated rings. The number of hydrogen-bond donors (Lipinski definition) is 3. The fourth-order valence-corrected chi connectivity index (χ4v) is 8.75. The van der Waals surface area contributed by atoms with E-state index in [0.717, 1.165) is 22.3 Å². The van der Waals surface area contributed by atoms with Crippen LogP contribution in [0.25, 0.3) is 11.1 Å². The van der Waals surface area contributed by atoms with E-state index in [-0.39, 0.29) is 26.0 Å². The monoisotopic (exact) mass is 798 g/mol. The molecular formula is C44H54N4O8S. The molecule has 3 aromatic carbocycles. The van der Waals surface area contributed by atoms with Crippen LogP contribution < -0.4 is 15.4 Å². The van der Waals surface area contributed by atoms with Gasteiger partial charge in [0.05, 0.1) is 18.4 Å². The summed E-state index contributed by atoms with van der Waals surface area (Å²) < 4.78 is 40.3. The van der Waals surface area contributed by atoms with E-state index in [1.54, 1.807) is 41.5 Å². The van der Waals surface area contributed by atoms with Gasteiger partial charge >= 0.3 is 6.09 Å². The van der Waals surface area contributed by atoms with Crippen LogP contribution in [0, 0.1) is 11.3 Å². The Kier molecular flexibility index (Phi) is 11.5. The second kappa shape index (κ2) is 15.7. The predicted molar refractivity (Wildman–Crippen MR) is 217 cm³/mol. The molecule has 1 aliphatic heterocycles. The summed E-state index contributed by atoms with van der Waals surface area (Å²) in [6, 6.07) is 24.9. The Morgan fingerprint density at radius 1 is 0.877 bits per heavy atom. The van der Waals surface area contributed by atoms with Crippen LogP contribution in [0.1, 0.15) is 78.4 Å². The largest absolute Gasteiger partial charge is 0.444 e. The summed E-state index contributed by atoms with van der Waals surface area (Å²) in [4.78, 5) is 58.1. The number of ether oxygens (including phenoxy) is 2. The maximum absolute atomic E-state index is 15.0. The van der Waals surface area contributed by atoms with Gasteiger partial charge in [-0.3, -0.25) is 19.1 Å². The van der Waals surface area contributed by atoms with E-state index >= 15 is 0 Å². The van der Waals surface area contributed by atoms with Gasteiger partial charge in [0.25, 0.3) is 5.91 Å². The fraction of sp³-hybridized carbons (Fsp3) is 0.455. The lowest BCUT2D eigenvalue weighted by Gasteiger charge is -2.36. The minimum Gasteiger partial charge on any atom is -0.444 e. The van der Waals surface area contributed by atoms with Crippen molar-refractivity contribution in [2.75, 3.05) is 6.54 Å². The highest BCUT2D eigenvalue weighted by molar-refractivity contribution is 7.91. The first-order valence-electron chi connectivity index (χ1n) is 19.4. The zero-order valence-electron chi connectivity index (χ0n) is 33.5. The molecule has 2 aliphatic carbocycles. The number of benzene rings is 3. The van der Waals surface area contributed by atoms with E-state index in [4.69, 9.17) is 9.47 Å². The Bertz CT molecular complexity index is 2090. The molecule has 12 nitrogen and oxygen atoms in total. The number of hydrogen-bond acceptors (Lipinski definition) is 8. The van der Waals surface area contributed by atoms with Gasteiger partial charge in [-0.2, -0.15) is 0 Å². The summed E-state index contributed by atoms with van der Waals surface area (Å²) in [5.41, 5.74) is -0.926. The molecule has 3 aliphatic rings. The van der Waals surface area contributed by atoms with E-state index in [0.29, 0.717) is 12.8 Å². The highest BCUT2D eigenvalue weighted by atomic mass is 32.2. The lowest BCUT2D eigenvalue weighted by molar-refractivity contribution is -0.143. The predicted octanol–water partition coefficient (Wildman–Crippen LogP) is 5.98. The number of rotatable bonds is 13. The van der Waals surface area contributed by atoms with Crippen molar-refractivity contribution in [2.45, 2.75) is 108 Å². The maximum atomic E-state index is 15.0. The Morgan fingerprint density at radius 3 is 2.02 bits per heavy atom. The van der Waals surface area contributed by atoms with E-state index < -0.39 is 79.2 Å². The lowest BCUT2D eigenvalue weighted by Crippen LogP contribution is -2.60. The summed E-state index contributed by atoms with van der Waals surface area (Å²) in [5.74, 6) is -2.60. The zero-order valence-corrected chi connectivity index (χ0v) is 34.4. The van der Waals surface area contributed by atoms with Gasteiger partial charge in [0.2, 0.25) is 21.8 Å². The van der Waals surface area contributed by atoms with E-state index in [1.165, 1.54) is 11.0 Å². The highest BCUT2D eigenvalue weighted by Gasteiger charge is 2.63. The van der Waals surface area contributed by atoms with Crippen LogP contribution in [0.3, 0.4) is 0 Å². The number of alkyl carbamates (subject to hydrolysis) is 1. The Morgan fingerprint density at radius 2 is 1.47 bits per heavy atom. The van der Waals surface area contributed by atoms with Crippen LogP contribution in [0.15, 0.2) is 97.6 Å². The molecule has 0 radical (unpaired) electrons. The maximum Gasteiger partial charge on any atom is 0.408 e. The van der Waals surface area contributed by atoms with Crippen LogP contribution in [-0.4, -0.2) is 72.2 Å². The molecule has 6 rings (SSSR count). The second-order valence-corrected chi connectivity index (χ2v) is 19.5. The number of carbonyl (C=O) groups is 4. The Labute approximate surface area is 335 Å². The molecule has 1 heterocycles. The average molecular weight is 799 g/mol. The second-order valence-electron chi connectivity index (χ2n) is 17.5. The quantitative estimate of drug-likeness (QED) is 0.178. The topological polar surface area (TPSA) is 160 Å². The highest BCUT2D eigenvalue weighted by Crippen LogP contribution is 2.47. The first-order valence-corrected chi connectivity index (χ1v) is 21.0. The molecule has 5 atom stereocenters. The SMILES string of the molecule is C=C[C@@H]1C[C@]1(NC(=O)C1C[C@@](OCc2ccccc2)(c2ccc(-c3ccccc3)cc2)CN1C(=O)[C@@H](NC(=O)OC(C)(C)C)C(C)(C)C)C(=O)NS(=O)(=O)C1CC1. The van der Waals surface area contributed by atoms with Gasteiger partial charge in [-0.15, -0.1) is 6.58 Å². The molecule has 1 saturated heterocycles. The van der Waals surface area contributed by atoms with Gasteiger partial charge in [-0.25, -0.2) is 13.2 Å². The van der Waals surface area contributed by atoms with Gasteiger partial charge in [0, 0.05) is 12.3 Å². The molecule has 57 heavy (non-hydrogen) atoms. The van der Waals surface area contributed by atoms with Crippen molar-refractivity contribution in [1.29, 1.82) is 0 Å². The van der Waals surface area contributed by atoms with Crippen molar-refractivity contribution in [3.8, 4) is 11.1 Å². The van der Waals surface area contributed by atoms with Gasteiger partial charge in [0.1, 0.15) is 28.8 Å². The first kappa shape index (κ1) is 41.6. The number of likely N-dealkylation sites (tertiary alicyclic amines) is 1. The summed E-state index contributed by atoms with van der Waals surface area (Å²) in [6.45, 7) is 14.5. The van der Waals surface area contributed by atoms with E-state index in [2.05, 4.69) is 21.9 Å². The van der Waals surface area contributed by atoms with Crippen molar-refractivity contribution in [1.82, 2.24) is 20.3 Å². The standard InChI is InChI=1S/C44H54N4O8S/c1-8-32-25-44(32,39(51)47-57(53,54)34-23-24-34)46-37(49)35-26-43(55-27-29-15-11-9-12-16-29,33-21-19-31(20-22-33)30-17-13-10-14-18-30)28-48(35)38(50)36(41(2,3)4)45-40(52)56-42(5,6)7/h8-22,32,34-36H,1,23-28H2,2-7H3,(H,45,52)(H,46,49)(H,47,51)/t32-,35?,36-,43+,44-/m1/s1. The molecule has 3 N–H and O–H groups in total. The van der Waals surface area contributed by atoms with Crippen LogP contribution in [-0.2, 0) is 46.1 Å². The van der Waals surface area contributed by atoms with Crippen LogP contribution in [0.4, 0.5) is 4.79 Å². The summed E-state index contributed by atoms with van der Waals surface area (Å²) in [5, 5.41) is 4.99. The smallest absolute Gasteiger partial charge is 0.408 e. The van der Waals surface area contributed by atoms with Crippen molar-refractivity contribution >= 4 is 33.8 Å². The summed E-state index contributed by atoms with van der Waals surface area (Å²) in [6.07, 6.45) is 1.76. The third kappa shape index (κ3) is 9.42. The summed E-state index contributed by atoms with van der Waals surface area (Å²) in [7, 11) is -3.93. The molecule has 304 valence electrons. The van der Waals surface area contributed by atoms with E-state index in [9.17, 15) is 27.6 Å². The number of nitrogens with one attached hydrogen (secondary N) is 3. The van der Waals surface area contributed by atoms with Gasteiger partial charge in [-0.05, 0) is 67.7 Å². The van der Waals surface area contributed by atoms with E-state index in [1.807, 2.05) is 84.9 Å². The fourth-order valence-electron chi connectivity index (χ4n) is 7.39. The van der Waals surface area contributed by atoms with Crippen molar-refractivity contribution in [3.05, 3.63) is 109 Å². The minimum atomic E-state index is -3.93. The molecule has 0 spiro atoms. The van der Waals surface area contributed by atoms with Crippen LogP contribution in [0.2, 0.25) is 0 Å². The van der Waals surface area contributed by atoms with Crippen LogP contribution in [0.5, 0.6) is 0 Å². The third-order valence-electron chi connectivity index (χ3n) is 10.8. The van der Waals surface area contributed by atoms with Gasteiger partial charge < -0.3 is 25.0 Å². The minimum absolute atomic E-state index is 0.0117. The molecule has 2 saturated carbocycles. The molecular weight excluding hydrogens is 745 g/mol. The van der Waals surface area contributed by atoms with Crippen LogP contribution >= 0.6 is 0 Å². The zero-order chi connectivity index (χ0) is 41.4. The molecule has 0 aromatic heterocycles. The average Bonchev–Trinajstić information content (AvgIpc) is 4.09. The van der Waals surface area contributed by atoms with Crippen molar-refractivity contribution in [3.63, 3.8) is 0 Å². The molecule has 3 aromatic rings. The van der Waals surface area contributed by atoms with Gasteiger partial charge in [0.15, 0.2) is 0 Å². The normalized spacial score (nSPS) is 23.9. The number of carbonyl (C=O) groups excluding carboxylic acids is 4. The number of amides is 4. The molecule has 4 amide bonds. The number of nitrogens with zero attached hydrogens (tertiary/aromatic N) is 1. The molecule has 13 heteroatoms. The molecule has 0 bridgehead atoms. The van der Waals surface area contributed by atoms with Crippen molar-refractivity contribution in [2.24, 2.45) is 11.3 Å². The van der Waals surface area contributed by atoms with Gasteiger partial charge in [-0.1, -0.05) is 112 Å². The third-order valence-corrected chi connectivity index (χ3v) is 12.6. The first-order chi connectivity index (χ1) is 26.8. The Balaban J connectivity index is 1.40. The summed E-state index contributed by atoms with van der Waals surface area (Å²) >= 11 is 0. The number of sulfonamides is 1. The Hall–Kier alpha value is -5.01. The molecule has 1 unspecified atom stereocenters.